The number of nitrogens with zero attached hydrogens (tertiary/aromatic N) is 1. The predicted molar refractivity (Wildman–Crippen MR) is 108 cm³/mol. The Hall–Kier alpha value is -3.99. The number of anilines is 1. The second-order valence-electron chi connectivity index (χ2n) is 5.77. The Kier molecular flexibility index (Phi) is 8.03. The first-order chi connectivity index (χ1) is 14.7. The molecule has 2 rings (SSSR count). The lowest BCUT2D eigenvalue weighted by molar-refractivity contribution is -0.384. The molecule has 0 spiro atoms. The Morgan fingerprint density at radius 3 is 2.42 bits per heavy atom. The molecule has 0 aromatic heterocycles. The van der Waals surface area contributed by atoms with E-state index < -0.39 is 35.4 Å². The molecule has 0 saturated heterocycles. The maximum Gasteiger partial charge on any atom is 0.413 e. The molecule has 0 fully saturated rings. The highest BCUT2D eigenvalue weighted by Crippen LogP contribution is 2.24. The van der Waals surface area contributed by atoms with Crippen molar-refractivity contribution in [2.24, 2.45) is 0 Å². The summed E-state index contributed by atoms with van der Waals surface area (Å²) in [5.41, 5.74) is -0.355. The number of hydrogen-bond donors (Lipinski definition) is 2. The zero-order valence-electron chi connectivity index (χ0n) is 16.0. The van der Waals surface area contributed by atoms with Gasteiger partial charge in [-0.15, -0.1) is 0 Å². The van der Waals surface area contributed by atoms with Gasteiger partial charge in [0.15, 0.2) is 6.61 Å². The van der Waals surface area contributed by atoms with Gasteiger partial charge in [-0.25, -0.2) is 9.59 Å². The molecular weight excluding hydrogens is 434 g/mol. The van der Waals surface area contributed by atoms with Gasteiger partial charge in [-0.1, -0.05) is 23.7 Å². The molecule has 2 aromatic carbocycles. The zero-order valence-corrected chi connectivity index (χ0v) is 16.8. The van der Waals surface area contributed by atoms with Gasteiger partial charge in [-0.05, 0) is 25.1 Å². The van der Waals surface area contributed by atoms with Crippen molar-refractivity contribution >= 4 is 46.9 Å². The fourth-order valence-electron chi connectivity index (χ4n) is 2.29. The Labute approximate surface area is 180 Å². The van der Waals surface area contributed by atoms with Gasteiger partial charge in [0, 0.05) is 12.1 Å². The number of nitrogens with one attached hydrogen (secondary N) is 2. The molecule has 0 bridgehead atoms. The van der Waals surface area contributed by atoms with Crippen LogP contribution in [-0.4, -0.2) is 42.0 Å². The minimum absolute atomic E-state index is 0.0516. The molecule has 0 atom stereocenters. The second kappa shape index (κ2) is 10.7. The van der Waals surface area contributed by atoms with Crippen LogP contribution in [0, 0.1) is 10.1 Å². The minimum Gasteiger partial charge on any atom is -0.452 e. The Bertz CT molecular complexity index is 1040. The largest absolute Gasteiger partial charge is 0.452 e. The summed E-state index contributed by atoms with van der Waals surface area (Å²) in [4.78, 5) is 57.7. The number of nitro benzene ring substituents is 1. The number of carbonyl (C=O) groups excluding carboxylic acids is 4. The third kappa shape index (κ3) is 6.51. The quantitative estimate of drug-likeness (QED) is 0.371. The Balaban J connectivity index is 2.09. The summed E-state index contributed by atoms with van der Waals surface area (Å²) < 4.78 is 9.38. The lowest BCUT2D eigenvalue weighted by Crippen LogP contribution is -2.34. The Morgan fingerprint density at radius 2 is 1.77 bits per heavy atom. The van der Waals surface area contributed by atoms with Gasteiger partial charge in [-0.3, -0.25) is 25.0 Å². The van der Waals surface area contributed by atoms with E-state index in [9.17, 15) is 29.3 Å². The first-order valence-corrected chi connectivity index (χ1v) is 9.08. The smallest absolute Gasteiger partial charge is 0.413 e. The number of carbonyl (C=O) groups is 4. The van der Waals surface area contributed by atoms with E-state index in [4.69, 9.17) is 16.3 Å². The summed E-state index contributed by atoms with van der Waals surface area (Å²) in [5, 5.41) is 15.0. The summed E-state index contributed by atoms with van der Waals surface area (Å²) in [6.07, 6.45) is -0.976. The number of hydrogen-bond acceptors (Lipinski definition) is 8. The van der Waals surface area contributed by atoms with Crippen LogP contribution in [0.4, 0.5) is 16.2 Å². The lowest BCUT2D eigenvalue weighted by Gasteiger charge is -2.11. The number of imide groups is 1. The first kappa shape index (κ1) is 23.3. The molecule has 12 heteroatoms. The molecule has 0 aliphatic carbocycles. The topological polar surface area (TPSA) is 154 Å². The van der Waals surface area contributed by atoms with E-state index in [2.05, 4.69) is 10.1 Å². The summed E-state index contributed by atoms with van der Waals surface area (Å²) in [5.74, 6) is -2.56. The molecule has 0 aliphatic heterocycles. The predicted octanol–water partition coefficient (Wildman–Crippen LogP) is 2.93. The third-order valence-corrected chi connectivity index (χ3v) is 3.97. The number of halogens is 1. The summed E-state index contributed by atoms with van der Waals surface area (Å²) in [6, 6.07) is 9.12. The monoisotopic (exact) mass is 449 g/mol. The highest BCUT2D eigenvalue weighted by Gasteiger charge is 2.19. The van der Waals surface area contributed by atoms with Gasteiger partial charge in [0.05, 0.1) is 33.4 Å². The van der Waals surface area contributed by atoms with Crippen molar-refractivity contribution in [1.82, 2.24) is 5.32 Å². The molecule has 31 heavy (non-hydrogen) atoms. The number of ether oxygens (including phenoxy) is 2. The van der Waals surface area contributed by atoms with Gasteiger partial charge in [-0.2, -0.15) is 0 Å². The maximum absolute atomic E-state index is 12.5. The number of benzene rings is 2. The van der Waals surface area contributed by atoms with Crippen molar-refractivity contribution in [3.63, 3.8) is 0 Å². The van der Waals surface area contributed by atoms with Gasteiger partial charge in [0.1, 0.15) is 0 Å². The van der Waals surface area contributed by atoms with Crippen LogP contribution in [-0.2, 0) is 14.3 Å². The van der Waals surface area contributed by atoms with Crippen molar-refractivity contribution in [3.05, 3.63) is 68.7 Å². The molecule has 2 aromatic rings. The number of rotatable bonds is 7. The lowest BCUT2D eigenvalue weighted by atomic mass is 10.1. The van der Waals surface area contributed by atoms with Crippen molar-refractivity contribution in [2.75, 3.05) is 18.5 Å². The number of para-hydroxylation sites is 1. The fraction of sp³-hybridized carbons (Fsp3) is 0.158. The van der Waals surface area contributed by atoms with Gasteiger partial charge >= 0.3 is 12.1 Å². The SMILES string of the molecule is CCOC(=O)NC(=O)COC(=O)c1ccccc1NC(=O)c1ccc([N+](=O)[O-])cc1Cl. The molecule has 0 unspecified atom stereocenters. The molecule has 0 saturated carbocycles. The number of esters is 1. The standard InChI is InChI=1S/C19H16ClN3O8/c1-2-30-19(27)22-16(24)10-31-18(26)13-5-3-4-6-15(13)21-17(25)12-8-7-11(23(28)29)9-14(12)20/h3-9H,2,10H2,1H3,(H,21,25)(H,22,24,27). The fourth-order valence-corrected chi connectivity index (χ4v) is 2.55. The van der Waals surface area contributed by atoms with Crippen LogP contribution in [0.3, 0.4) is 0 Å². The van der Waals surface area contributed by atoms with Crippen molar-refractivity contribution < 1.29 is 33.6 Å². The van der Waals surface area contributed by atoms with E-state index in [1.54, 1.807) is 6.92 Å². The second-order valence-corrected chi connectivity index (χ2v) is 6.17. The van der Waals surface area contributed by atoms with Crippen LogP contribution in [0.15, 0.2) is 42.5 Å². The molecule has 0 heterocycles. The van der Waals surface area contributed by atoms with Crippen molar-refractivity contribution in [1.29, 1.82) is 0 Å². The minimum atomic E-state index is -0.976. The summed E-state index contributed by atoms with van der Waals surface area (Å²) in [6.45, 7) is 0.859. The van der Waals surface area contributed by atoms with E-state index >= 15 is 0 Å². The van der Waals surface area contributed by atoms with Crippen molar-refractivity contribution in [3.8, 4) is 0 Å². The number of nitro groups is 1. The molecule has 0 radical (unpaired) electrons. The Morgan fingerprint density at radius 1 is 1.06 bits per heavy atom. The van der Waals surface area contributed by atoms with Crippen LogP contribution in [0.5, 0.6) is 0 Å². The summed E-state index contributed by atoms with van der Waals surface area (Å²) in [7, 11) is 0. The third-order valence-electron chi connectivity index (χ3n) is 3.65. The average Bonchev–Trinajstić information content (AvgIpc) is 2.72. The van der Waals surface area contributed by atoms with Crippen LogP contribution in [0.25, 0.3) is 0 Å². The van der Waals surface area contributed by atoms with Gasteiger partial charge < -0.3 is 14.8 Å². The van der Waals surface area contributed by atoms with E-state index in [1.165, 1.54) is 30.3 Å². The molecule has 3 amide bonds. The molecule has 2 N–H and O–H groups in total. The van der Waals surface area contributed by atoms with Gasteiger partial charge in [0.25, 0.3) is 17.5 Å². The average molecular weight is 450 g/mol. The summed E-state index contributed by atoms with van der Waals surface area (Å²) >= 11 is 5.95. The number of alkyl carbamates (subject to hydrolysis) is 1. The van der Waals surface area contributed by atoms with E-state index in [1.807, 2.05) is 5.32 Å². The van der Waals surface area contributed by atoms with Crippen LogP contribution < -0.4 is 10.6 Å². The molecule has 0 aliphatic rings. The van der Waals surface area contributed by atoms with E-state index in [0.29, 0.717) is 0 Å². The van der Waals surface area contributed by atoms with Crippen molar-refractivity contribution in [2.45, 2.75) is 6.92 Å². The first-order valence-electron chi connectivity index (χ1n) is 8.71. The molecule has 11 nitrogen and oxygen atoms in total. The normalized spacial score (nSPS) is 10.0. The van der Waals surface area contributed by atoms with Crippen LogP contribution >= 0.6 is 11.6 Å². The maximum atomic E-state index is 12.5. The molecular formula is C19H16ClN3O8. The van der Waals surface area contributed by atoms with Crippen LogP contribution in [0.2, 0.25) is 5.02 Å². The zero-order chi connectivity index (χ0) is 23.0. The van der Waals surface area contributed by atoms with E-state index in [0.717, 1.165) is 12.1 Å². The number of non-ortho nitro benzene ring substituents is 1. The highest BCUT2D eigenvalue weighted by molar-refractivity contribution is 6.34. The van der Waals surface area contributed by atoms with Crippen LogP contribution in [0.1, 0.15) is 27.6 Å². The van der Waals surface area contributed by atoms with Gasteiger partial charge in [0.2, 0.25) is 0 Å². The highest BCUT2D eigenvalue weighted by atomic mass is 35.5. The van der Waals surface area contributed by atoms with E-state index in [-0.39, 0.29) is 34.1 Å². The molecule has 162 valence electrons. The number of amides is 3.